The van der Waals surface area contributed by atoms with Crippen molar-refractivity contribution in [1.29, 1.82) is 0 Å². The fourth-order valence-corrected chi connectivity index (χ4v) is 3.70. The number of hydrogen-bond acceptors (Lipinski definition) is 5. The molecule has 2 heterocycles. The first-order chi connectivity index (χ1) is 11.4. The van der Waals surface area contributed by atoms with Gasteiger partial charge in [-0.25, -0.2) is 22.4 Å². The molecule has 0 fully saturated rings. The molecule has 0 saturated heterocycles. The van der Waals surface area contributed by atoms with Crippen LogP contribution in [0.1, 0.15) is 23.7 Å². The summed E-state index contributed by atoms with van der Waals surface area (Å²) in [6.07, 6.45) is 5.26. The molecule has 132 valence electrons. The smallest absolute Gasteiger partial charge is 0.269 e. The summed E-state index contributed by atoms with van der Waals surface area (Å²) in [6, 6.07) is 8.00. The minimum Gasteiger partial charge on any atom is -0.322 e. The zero-order valence-corrected chi connectivity index (χ0v) is 15.3. The first-order valence-corrected chi connectivity index (χ1v) is 8.90. The number of rotatable bonds is 5. The highest BCUT2D eigenvalue weighted by molar-refractivity contribution is 7.90. The van der Waals surface area contributed by atoms with E-state index in [-0.39, 0.29) is 29.0 Å². The molecule has 0 amide bonds. The van der Waals surface area contributed by atoms with Crippen molar-refractivity contribution >= 4 is 33.6 Å². The van der Waals surface area contributed by atoms with Gasteiger partial charge >= 0.3 is 0 Å². The van der Waals surface area contributed by atoms with Gasteiger partial charge in [0.05, 0.1) is 22.8 Å². The molecule has 0 aliphatic carbocycles. The van der Waals surface area contributed by atoms with Crippen LogP contribution >= 0.6 is 12.4 Å². The van der Waals surface area contributed by atoms with Crippen molar-refractivity contribution in [1.82, 2.24) is 13.9 Å². The van der Waals surface area contributed by atoms with Crippen LogP contribution in [0.4, 0.5) is 0 Å². The molecule has 0 aliphatic rings. The maximum Gasteiger partial charge on any atom is 0.269 e. The molecule has 2 N–H and O–H groups in total. The standard InChI is InChI=1S/C17H18N4O2S.ClH/c1-3-4-14(18)16-11-19-17-15(20-16)9-10-21(17)24(22,23)13-7-5-12(2)6-8-13;/h3,5-11,14H,1,4,18H2,2H3;1H. The van der Waals surface area contributed by atoms with E-state index in [0.29, 0.717) is 17.6 Å². The molecule has 25 heavy (non-hydrogen) atoms. The van der Waals surface area contributed by atoms with Crippen LogP contribution in [-0.4, -0.2) is 22.4 Å². The Balaban J connectivity index is 0.00000225. The number of hydrogen-bond donors (Lipinski definition) is 1. The summed E-state index contributed by atoms with van der Waals surface area (Å²) in [5.41, 5.74) is 8.36. The number of halogens is 1. The number of aromatic nitrogens is 3. The second-order valence-corrected chi connectivity index (χ2v) is 7.38. The summed E-state index contributed by atoms with van der Waals surface area (Å²) < 4.78 is 26.7. The van der Waals surface area contributed by atoms with Crippen molar-refractivity contribution < 1.29 is 8.42 Å². The molecule has 6 nitrogen and oxygen atoms in total. The Morgan fingerprint density at radius 2 is 1.96 bits per heavy atom. The number of fused-ring (bicyclic) bond motifs is 1. The lowest BCUT2D eigenvalue weighted by Crippen LogP contribution is -2.14. The number of benzene rings is 1. The molecule has 2 aromatic heterocycles. The zero-order valence-electron chi connectivity index (χ0n) is 13.7. The average Bonchev–Trinajstić information content (AvgIpc) is 2.99. The first-order valence-electron chi connectivity index (χ1n) is 7.46. The predicted octanol–water partition coefficient (Wildman–Crippen LogP) is 2.97. The second kappa shape index (κ2) is 7.35. The lowest BCUT2D eigenvalue weighted by atomic mass is 10.1. The average molecular weight is 379 g/mol. The molecule has 0 aliphatic heterocycles. The third-order valence-corrected chi connectivity index (χ3v) is 5.43. The van der Waals surface area contributed by atoms with Gasteiger partial charge in [0.1, 0.15) is 5.52 Å². The van der Waals surface area contributed by atoms with E-state index in [4.69, 9.17) is 5.73 Å². The summed E-state index contributed by atoms with van der Waals surface area (Å²) in [4.78, 5) is 8.88. The molecular weight excluding hydrogens is 360 g/mol. The van der Waals surface area contributed by atoms with E-state index in [1.165, 1.54) is 12.4 Å². The molecule has 0 spiro atoms. The highest BCUT2D eigenvalue weighted by atomic mass is 35.5. The molecule has 8 heteroatoms. The van der Waals surface area contributed by atoms with E-state index in [9.17, 15) is 8.42 Å². The van der Waals surface area contributed by atoms with E-state index in [2.05, 4.69) is 16.5 Å². The van der Waals surface area contributed by atoms with Gasteiger partial charge in [0.15, 0.2) is 5.65 Å². The van der Waals surface area contributed by atoms with Gasteiger partial charge in [0.25, 0.3) is 10.0 Å². The van der Waals surface area contributed by atoms with Gasteiger partial charge < -0.3 is 5.73 Å². The minimum absolute atomic E-state index is 0. The largest absolute Gasteiger partial charge is 0.322 e. The fraction of sp³-hybridized carbons (Fsp3) is 0.176. The van der Waals surface area contributed by atoms with Gasteiger partial charge in [-0.15, -0.1) is 19.0 Å². The van der Waals surface area contributed by atoms with Crippen LogP contribution < -0.4 is 5.73 Å². The number of nitrogens with zero attached hydrogens (tertiary/aromatic N) is 3. The highest BCUT2D eigenvalue weighted by Crippen LogP contribution is 2.21. The predicted molar refractivity (Wildman–Crippen MR) is 100 cm³/mol. The SMILES string of the molecule is C=CCC(N)c1cnc2c(ccn2S(=O)(=O)c2ccc(C)cc2)n1.Cl. The van der Waals surface area contributed by atoms with E-state index < -0.39 is 10.0 Å². The van der Waals surface area contributed by atoms with Crippen LogP contribution in [0.3, 0.4) is 0 Å². The normalized spacial score (nSPS) is 12.6. The van der Waals surface area contributed by atoms with Crippen LogP contribution in [0.2, 0.25) is 0 Å². The van der Waals surface area contributed by atoms with E-state index in [1.807, 2.05) is 6.92 Å². The van der Waals surface area contributed by atoms with Crippen molar-refractivity contribution in [2.75, 3.05) is 0 Å². The third-order valence-electron chi connectivity index (χ3n) is 3.75. The first kappa shape index (κ1) is 19.1. The van der Waals surface area contributed by atoms with Gasteiger partial charge in [-0.3, -0.25) is 0 Å². The van der Waals surface area contributed by atoms with Crippen LogP contribution in [0.25, 0.3) is 11.2 Å². The van der Waals surface area contributed by atoms with Crippen molar-refractivity contribution in [2.24, 2.45) is 5.73 Å². The van der Waals surface area contributed by atoms with Crippen LogP contribution in [0.15, 0.2) is 60.3 Å². The lowest BCUT2D eigenvalue weighted by molar-refractivity contribution is 0.588. The maximum absolute atomic E-state index is 12.8. The quantitative estimate of drug-likeness (QED) is 0.689. The Morgan fingerprint density at radius 1 is 1.28 bits per heavy atom. The highest BCUT2D eigenvalue weighted by Gasteiger charge is 2.20. The Bertz CT molecular complexity index is 997. The number of aryl methyl sites for hydroxylation is 1. The van der Waals surface area contributed by atoms with Gasteiger partial charge in [0, 0.05) is 6.20 Å². The van der Waals surface area contributed by atoms with E-state index in [0.717, 1.165) is 9.54 Å². The van der Waals surface area contributed by atoms with E-state index >= 15 is 0 Å². The monoisotopic (exact) mass is 378 g/mol. The van der Waals surface area contributed by atoms with Crippen molar-refractivity contribution in [2.45, 2.75) is 24.3 Å². The van der Waals surface area contributed by atoms with Gasteiger partial charge in [-0.1, -0.05) is 23.8 Å². The van der Waals surface area contributed by atoms with Crippen LogP contribution in [0.5, 0.6) is 0 Å². The van der Waals surface area contributed by atoms with Gasteiger partial charge in [-0.05, 0) is 31.5 Å². The zero-order chi connectivity index (χ0) is 17.3. The topological polar surface area (TPSA) is 90.9 Å². The maximum atomic E-state index is 12.8. The Hall–Kier alpha value is -2.22. The molecule has 1 aromatic carbocycles. The summed E-state index contributed by atoms with van der Waals surface area (Å²) >= 11 is 0. The molecule has 3 rings (SSSR count). The minimum atomic E-state index is -3.72. The summed E-state index contributed by atoms with van der Waals surface area (Å²) in [5, 5.41) is 0. The summed E-state index contributed by atoms with van der Waals surface area (Å²) in [5.74, 6) is 0. The molecule has 3 aromatic rings. The fourth-order valence-electron chi connectivity index (χ4n) is 2.40. The Morgan fingerprint density at radius 3 is 2.60 bits per heavy atom. The Labute approximate surface area is 152 Å². The summed E-state index contributed by atoms with van der Waals surface area (Å²) in [7, 11) is -3.72. The van der Waals surface area contributed by atoms with Crippen molar-refractivity contribution in [3.05, 3.63) is 66.6 Å². The molecular formula is C17H19ClN4O2S. The van der Waals surface area contributed by atoms with Gasteiger partial charge in [0.2, 0.25) is 0 Å². The summed E-state index contributed by atoms with van der Waals surface area (Å²) in [6.45, 7) is 5.56. The third kappa shape index (κ3) is 3.58. The van der Waals surface area contributed by atoms with Crippen molar-refractivity contribution in [3.63, 3.8) is 0 Å². The molecule has 0 radical (unpaired) electrons. The second-order valence-electron chi connectivity index (χ2n) is 5.56. The molecule has 1 unspecified atom stereocenters. The molecule has 0 bridgehead atoms. The van der Waals surface area contributed by atoms with Gasteiger partial charge in [-0.2, -0.15) is 0 Å². The lowest BCUT2D eigenvalue weighted by Gasteiger charge is -2.09. The van der Waals surface area contributed by atoms with Crippen molar-refractivity contribution in [3.8, 4) is 0 Å². The number of nitrogens with two attached hydrogens (primary N) is 1. The molecule has 1 atom stereocenters. The van der Waals surface area contributed by atoms with Crippen LogP contribution in [-0.2, 0) is 10.0 Å². The van der Waals surface area contributed by atoms with Crippen LogP contribution in [0, 0.1) is 6.92 Å². The Kier molecular flexibility index (Phi) is 5.62. The van der Waals surface area contributed by atoms with E-state index in [1.54, 1.807) is 36.4 Å². The molecule has 0 saturated carbocycles.